The maximum Gasteiger partial charge on any atom is 0.238 e. The van der Waals surface area contributed by atoms with E-state index in [9.17, 15) is 13.5 Å². The summed E-state index contributed by atoms with van der Waals surface area (Å²) in [7, 11) is -3.79. The number of primary sulfonamides is 1. The smallest absolute Gasteiger partial charge is 0.238 e. The fraction of sp³-hybridized carbons (Fsp3) is 0.143. The van der Waals surface area contributed by atoms with Crippen LogP contribution in [0.4, 0.5) is 5.69 Å². The van der Waals surface area contributed by atoms with Gasteiger partial charge in [0.15, 0.2) is 0 Å². The monoisotopic (exact) mass is 326 g/mol. The van der Waals surface area contributed by atoms with E-state index in [1.807, 2.05) is 13.0 Å². The van der Waals surface area contributed by atoms with Gasteiger partial charge < -0.3 is 10.4 Å². The summed E-state index contributed by atoms with van der Waals surface area (Å²) < 4.78 is 22.7. The number of hydrogen-bond acceptors (Lipinski definition) is 4. The van der Waals surface area contributed by atoms with Gasteiger partial charge in [-0.3, -0.25) is 0 Å². The molecule has 0 amide bonds. The standard InChI is InChI=1S/C14H15ClN2O3S/c1-9(10-3-2-4-11(18)7-10)17-14-8-12(21(16,19)20)5-6-13(14)15/h2-9,17-18H,1H3,(H2,16,19,20). The Kier molecular flexibility index (Phi) is 4.41. The van der Waals surface area contributed by atoms with Crippen molar-refractivity contribution in [3.63, 3.8) is 0 Å². The van der Waals surface area contributed by atoms with Crippen LogP contribution in [0.2, 0.25) is 5.02 Å². The molecule has 0 aliphatic carbocycles. The lowest BCUT2D eigenvalue weighted by Crippen LogP contribution is -2.13. The number of aromatic hydroxyl groups is 1. The van der Waals surface area contributed by atoms with Crippen molar-refractivity contribution >= 4 is 27.3 Å². The molecule has 0 heterocycles. The first-order valence-corrected chi connectivity index (χ1v) is 8.07. The van der Waals surface area contributed by atoms with Gasteiger partial charge in [-0.15, -0.1) is 0 Å². The molecule has 2 rings (SSSR count). The van der Waals surface area contributed by atoms with Crippen LogP contribution in [0, 0.1) is 0 Å². The number of hydrogen-bond donors (Lipinski definition) is 3. The Labute approximate surface area is 128 Å². The predicted molar refractivity (Wildman–Crippen MR) is 83.0 cm³/mol. The van der Waals surface area contributed by atoms with Gasteiger partial charge >= 0.3 is 0 Å². The third kappa shape index (κ3) is 3.87. The highest BCUT2D eigenvalue weighted by Crippen LogP contribution is 2.29. The maximum atomic E-state index is 11.4. The Balaban J connectivity index is 2.31. The number of rotatable bonds is 4. The molecule has 0 spiro atoms. The van der Waals surface area contributed by atoms with E-state index in [0.29, 0.717) is 10.7 Å². The Morgan fingerprint density at radius 2 is 1.95 bits per heavy atom. The molecule has 0 bridgehead atoms. The highest BCUT2D eigenvalue weighted by Gasteiger charge is 2.13. The first-order valence-electron chi connectivity index (χ1n) is 6.15. The van der Waals surface area contributed by atoms with E-state index in [2.05, 4.69) is 5.32 Å². The predicted octanol–water partition coefficient (Wildman–Crippen LogP) is 2.87. The number of halogens is 1. The highest BCUT2D eigenvalue weighted by atomic mass is 35.5. The molecule has 2 aromatic carbocycles. The molecule has 2 aromatic rings. The summed E-state index contributed by atoms with van der Waals surface area (Å²) in [4.78, 5) is -0.0162. The van der Waals surface area contributed by atoms with Crippen LogP contribution >= 0.6 is 11.6 Å². The van der Waals surface area contributed by atoms with Crippen molar-refractivity contribution in [2.24, 2.45) is 5.14 Å². The summed E-state index contributed by atoms with van der Waals surface area (Å²) >= 11 is 6.06. The number of phenols is 1. The van der Waals surface area contributed by atoms with Gasteiger partial charge in [0.2, 0.25) is 10.0 Å². The second kappa shape index (κ2) is 5.93. The van der Waals surface area contributed by atoms with Gasteiger partial charge in [-0.2, -0.15) is 0 Å². The normalized spacial score (nSPS) is 12.9. The van der Waals surface area contributed by atoms with E-state index in [-0.39, 0.29) is 16.7 Å². The van der Waals surface area contributed by atoms with Crippen LogP contribution in [0.25, 0.3) is 0 Å². The van der Waals surface area contributed by atoms with Gasteiger partial charge in [0.1, 0.15) is 5.75 Å². The molecule has 0 saturated carbocycles. The average Bonchev–Trinajstić information content (AvgIpc) is 2.40. The van der Waals surface area contributed by atoms with E-state index in [1.54, 1.807) is 18.2 Å². The zero-order valence-electron chi connectivity index (χ0n) is 11.2. The summed E-state index contributed by atoms with van der Waals surface area (Å²) in [5, 5.41) is 18.1. The minimum Gasteiger partial charge on any atom is -0.508 e. The van der Waals surface area contributed by atoms with Gasteiger partial charge in [0.05, 0.1) is 15.6 Å². The van der Waals surface area contributed by atoms with Gasteiger partial charge in [-0.25, -0.2) is 13.6 Å². The topological polar surface area (TPSA) is 92.4 Å². The lowest BCUT2D eigenvalue weighted by Gasteiger charge is -2.17. The second-order valence-corrected chi connectivity index (χ2v) is 6.62. The lowest BCUT2D eigenvalue weighted by atomic mass is 10.1. The number of phenolic OH excluding ortho intramolecular Hbond substituents is 1. The molecule has 21 heavy (non-hydrogen) atoms. The molecule has 4 N–H and O–H groups in total. The third-order valence-electron chi connectivity index (χ3n) is 3.01. The molecule has 0 radical (unpaired) electrons. The quantitative estimate of drug-likeness (QED) is 0.805. The van der Waals surface area contributed by atoms with Crippen LogP contribution in [0.5, 0.6) is 5.75 Å². The Morgan fingerprint density at radius 3 is 2.57 bits per heavy atom. The molecule has 0 aromatic heterocycles. The molecule has 0 fully saturated rings. The van der Waals surface area contributed by atoms with E-state index in [0.717, 1.165) is 5.56 Å². The van der Waals surface area contributed by atoms with Crippen LogP contribution in [0.3, 0.4) is 0 Å². The van der Waals surface area contributed by atoms with Crippen molar-refractivity contribution in [2.75, 3.05) is 5.32 Å². The number of nitrogens with one attached hydrogen (secondary N) is 1. The largest absolute Gasteiger partial charge is 0.508 e. The number of benzene rings is 2. The van der Waals surface area contributed by atoms with Crippen molar-refractivity contribution in [2.45, 2.75) is 17.9 Å². The first kappa shape index (κ1) is 15.6. The second-order valence-electron chi connectivity index (χ2n) is 4.65. The molecule has 112 valence electrons. The van der Waals surface area contributed by atoms with Crippen LogP contribution < -0.4 is 10.5 Å². The van der Waals surface area contributed by atoms with Gasteiger partial charge in [0.25, 0.3) is 0 Å². The fourth-order valence-corrected chi connectivity index (χ4v) is 2.61. The van der Waals surface area contributed by atoms with Crippen molar-refractivity contribution < 1.29 is 13.5 Å². The zero-order chi connectivity index (χ0) is 15.6. The third-order valence-corrected chi connectivity index (χ3v) is 4.25. The van der Waals surface area contributed by atoms with Crippen molar-refractivity contribution in [3.05, 3.63) is 53.1 Å². The maximum absolute atomic E-state index is 11.4. The number of nitrogens with two attached hydrogens (primary N) is 1. The van der Waals surface area contributed by atoms with E-state index < -0.39 is 10.0 Å². The Bertz CT molecular complexity index is 763. The van der Waals surface area contributed by atoms with Gasteiger partial charge in [-0.05, 0) is 42.8 Å². The fourth-order valence-electron chi connectivity index (χ4n) is 1.90. The van der Waals surface area contributed by atoms with Crippen LogP contribution in [0.15, 0.2) is 47.4 Å². The molecule has 0 saturated heterocycles. The van der Waals surface area contributed by atoms with Gasteiger partial charge in [0, 0.05) is 6.04 Å². The van der Waals surface area contributed by atoms with Crippen molar-refractivity contribution in [1.82, 2.24) is 0 Å². The van der Waals surface area contributed by atoms with Gasteiger partial charge in [-0.1, -0.05) is 23.7 Å². The molecule has 5 nitrogen and oxygen atoms in total. The van der Waals surface area contributed by atoms with Crippen LogP contribution in [-0.2, 0) is 10.0 Å². The zero-order valence-corrected chi connectivity index (χ0v) is 12.8. The summed E-state index contributed by atoms with van der Waals surface area (Å²) in [5.74, 6) is 0.158. The SMILES string of the molecule is CC(Nc1cc(S(N)(=O)=O)ccc1Cl)c1cccc(O)c1. The lowest BCUT2D eigenvalue weighted by molar-refractivity contribution is 0.474. The van der Waals surface area contributed by atoms with Crippen molar-refractivity contribution in [3.8, 4) is 5.75 Å². The molecule has 1 atom stereocenters. The molecular weight excluding hydrogens is 312 g/mol. The molecule has 1 unspecified atom stereocenters. The van der Waals surface area contributed by atoms with E-state index in [4.69, 9.17) is 16.7 Å². The number of sulfonamides is 1. The average molecular weight is 327 g/mol. The summed E-state index contributed by atoms with van der Waals surface area (Å²) in [6.07, 6.45) is 0. The van der Waals surface area contributed by atoms with Crippen LogP contribution in [-0.4, -0.2) is 13.5 Å². The van der Waals surface area contributed by atoms with Crippen LogP contribution in [0.1, 0.15) is 18.5 Å². The molecule has 0 aliphatic heterocycles. The van der Waals surface area contributed by atoms with Crippen molar-refractivity contribution in [1.29, 1.82) is 0 Å². The first-order chi connectivity index (χ1) is 9.77. The minimum absolute atomic E-state index is 0.0162. The summed E-state index contributed by atoms with van der Waals surface area (Å²) in [6.45, 7) is 1.87. The highest BCUT2D eigenvalue weighted by molar-refractivity contribution is 7.89. The Morgan fingerprint density at radius 1 is 1.24 bits per heavy atom. The van der Waals surface area contributed by atoms with E-state index >= 15 is 0 Å². The van der Waals surface area contributed by atoms with E-state index in [1.165, 1.54) is 18.2 Å². The summed E-state index contributed by atoms with van der Waals surface area (Å²) in [6, 6.07) is 10.8. The Hall–Kier alpha value is -1.76. The molecule has 0 aliphatic rings. The summed E-state index contributed by atoms with van der Waals surface area (Å²) in [5.41, 5.74) is 1.30. The molecule has 7 heteroatoms. The minimum atomic E-state index is -3.79. The number of anilines is 1. The molecular formula is C14H15ClN2O3S.